The third-order valence-electron chi connectivity index (χ3n) is 3.78. The summed E-state index contributed by atoms with van der Waals surface area (Å²) in [7, 11) is 0. The standard InChI is InChI=1S/C13H25N3O/c17-13(12-6-1-2-7-14-12)15-8-5-11-16-9-3-4-10-16/h12,14H,1-11H2,(H,15,17)/t12-/m0/s1. The predicted molar refractivity (Wildman–Crippen MR) is 68.9 cm³/mol. The molecule has 0 saturated carbocycles. The van der Waals surface area contributed by atoms with E-state index in [0.29, 0.717) is 0 Å². The van der Waals surface area contributed by atoms with Crippen molar-refractivity contribution in [2.24, 2.45) is 0 Å². The maximum absolute atomic E-state index is 11.8. The lowest BCUT2D eigenvalue weighted by atomic mass is 10.0. The lowest BCUT2D eigenvalue weighted by Crippen LogP contribution is -2.47. The van der Waals surface area contributed by atoms with Gasteiger partial charge in [-0.15, -0.1) is 0 Å². The van der Waals surface area contributed by atoms with Crippen molar-refractivity contribution in [3.05, 3.63) is 0 Å². The van der Waals surface area contributed by atoms with Crippen molar-refractivity contribution in [1.29, 1.82) is 0 Å². The van der Waals surface area contributed by atoms with Gasteiger partial charge in [0.15, 0.2) is 0 Å². The lowest BCUT2D eigenvalue weighted by molar-refractivity contribution is -0.123. The van der Waals surface area contributed by atoms with Crippen LogP contribution in [0.2, 0.25) is 0 Å². The average molecular weight is 239 g/mol. The highest BCUT2D eigenvalue weighted by Crippen LogP contribution is 2.08. The van der Waals surface area contributed by atoms with Gasteiger partial charge in [-0.25, -0.2) is 0 Å². The summed E-state index contributed by atoms with van der Waals surface area (Å²) < 4.78 is 0. The molecule has 2 aliphatic heterocycles. The maximum atomic E-state index is 11.8. The first kappa shape index (κ1) is 12.8. The van der Waals surface area contributed by atoms with E-state index in [1.54, 1.807) is 0 Å². The molecule has 2 saturated heterocycles. The van der Waals surface area contributed by atoms with Gasteiger partial charge in [0.05, 0.1) is 6.04 Å². The Labute approximate surface area is 104 Å². The summed E-state index contributed by atoms with van der Waals surface area (Å²) in [6, 6.07) is 0.0653. The van der Waals surface area contributed by atoms with Crippen LogP contribution in [0.25, 0.3) is 0 Å². The van der Waals surface area contributed by atoms with E-state index in [1.165, 1.54) is 38.8 Å². The molecule has 0 radical (unpaired) electrons. The number of carbonyl (C=O) groups excluding carboxylic acids is 1. The second-order valence-corrected chi connectivity index (χ2v) is 5.20. The Kier molecular flexibility index (Phi) is 5.26. The van der Waals surface area contributed by atoms with Crippen LogP contribution in [0.5, 0.6) is 0 Å². The minimum Gasteiger partial charge on any atom is -0.355 e. The Hall–Kier alpha value is -0.610. The summed E-state index contributed by atoms with van der Waals surface area (Å²) in [4.78, 5) is 14.3. The number of nitrogens with one attached hydrogen (secondary N) is 2. The fourth-order valence-corrected chi connectivity index (χ4v) is 2.72. The van der Waals surface area contributed by atoms with Crippen LogP contribution in [0.3, 0.4) is 0 Å². The summed E-state index contributed by atoms with van der Waals surface area (Å²) in [5.41, 5.74) is 0. The van der Waals surface area contributed by atoms with Crippen molar-refractivity contribution in [2.45, 2.75) is 44.6 Å². The van der Waals surface area contributed by atoms with Crippen molar-refractivity contribution in [2.75, 3.05) is 32.7 Å². The van der Waals surface area contributed by atoms with E-state index in [2.05, 4.69) is 15.5 Å². The second kappa shape index (κ2) is 6.97. The molecule has 0 aromatic carbocycles. The lowest BCUT2D eigenvalue weighted by Gasteiger charge is -2.22. The van der Waals surface area contributed by atoms with Gasteiger partial charge < -0.3 is 15.5 Å². The van der Waals surface area contributed by atoms with Crippen LogP contribution in [-0.2, 0) is 4.79 Å². The van der Waals surface area contributed by atoms with Crippen LogP contribution < -0.4 is 10.6 Å². The summed E-state index contributed by atoms with van der Waals surface area (Å²) in [5, 5.41) is 6.33. The van der Waals surface area contributed by atoms with Gasteiger partial charge in [-0.1, -0.05) is 6.42 Å². The Morgan fingerprint density at radius 2 is 2.06 bits per heavy atom. The summed E-state index contributed by atoms with van der Waals surface area (Å²) in [6.45, 7) is 5.45. The highest BCUT2D eigenvalue weighted by molar-refractivity contribution is 5.81. The zero-order valence-corrected chi connectivity index (χ0v) is 10.7. The molecule has 0 spiro atoms. The number of likely N-dealkylation sites (tertiary alicyclic amines) is 1. The van der Waals surface area contributed by atoms with Crippen LogP contribution >= 0.6 is 0 Å². The van der Waals surface area contributed by atoms with Gasteiger partial charge in [-0.05, 0) is 58.3 Å². The minimum absolute atomic E-state index is 0.0653. The molecule has 17 heavy (non-hydrogen) atoms. The second-order valence-electron chi connectivity index (χ2n) is 5.20. The monoisotopic (exact) mass is 239 g/mol. The highest BCUT2D eigenvalue weighted by Gasteiger charge is 2.19. The van der Waals surface area contributed by atoms with Gasteiger partial charge in [0.1, 0.15) is 0 Å². The van der Waals surface area contributed by atoms with Gasteiger partial charge in [-0.2, -0.15) is 0 Å². The number of hydrogen-bond donors (Lipinski definition) is 2. The molecule has 98 valence electrons. The van der Waals surface area contributed by atoms with Gasteiger partial charge in [0.2, 0.25) is 5.91 Å². The van der Waals surface area contributed by atoms with E-state index in [9.17, 15) is 4.79 Å². The number of hydrogen-bond acceptors (Lipinski definition) is 3. The van der Waals surface area contributed by atoms with E-state index in [1.807, 2.05) is 0 Å². The quantitative estimate of drug-likeness (QED) is 0.695. The molecule has 0 bridgehead atoms. The Morgan fingerprint density at radius 1 is 1.24 bits per heavy atom. The molecule has 0 aromatic heterocycles. The zero-order valence-electron chi connectivity index (χ0n) is 10.7. The SMILES string of the molecule is O=C(NCCCN1CCCC1)[C@@H]1CCCCN1. The van der Waals surface area contributed by atoms with Crippen molar-refractivity contribution in [3.8, 4) is 0 Å². The molecule has 2 heterocycles. The van der Waals surface area contributed by atoms with Crippen molar-refractivity contribution in [1.82, 2.24) is 15.5 Å². The molecule has 1 amide bonds. The van der Waals surface area contributed by atoms with Gasteiger partial charge in [0, 0.05) is 6.54 Å². The number of amides is 1. The fourth-order valence-electron chi connectivity index (χ4n) is 2.72. The molecule has 2 rings (SSSR count). The molecular formula is C13H25N3O. The van der Waals surface area contributed by atoms with E-state index in [-0.39, 0.29) is 11.9 Å². The summed E-state index contributed by atoms with van der Waals surface area (Å²) >= 11 is 0. The normalized spacial score (nSPS) is 26.0. The van der Waals surface area contributed by atoms with Gasteiger partial charge in [0.25, 0.3) is 0 Å². The predicted octanol–water partition coefficient (Wildman–Crippen LogP) is 0.731. The van der Waals surface area contributed by atoms with Crippen LogP contribution in [0.15, 0.2) is 0 Å². The third-order valence-corrected chi connectivity index (χ3v) is 3.78. The number of carbonyl (C=O) groups is 1. The summed E-state index contributed by atoms with van der Waals surface area (Å²) in [6.07, 6.45) is 7.16. The van der Waals surface area contributed by atoms with Crippen molar-refractivity contribution in [3.63, 3.8) is 0 Å². The number of nitrogens with zero attached hydrogens (tertiary/aromatic N) is 1. The first-order valence-electron chi connectivity index (χ1n) is 7.10. The molecule has 4 heteroatoms. The molecule has 0 aromatic rings. The molecule has 2 aliphatic rings. The maximum Gasteiger partial charge on any atom is 0.237 e. The highest BCUT2D eigenvalue weighted by atomic mass is 16.2. The van der Waals surface area contributed by atoms with Crippen LogP contribution in [0.4, 0.5) is 0 Å². The van der Waals surface area contributed by atoms with E-state index in [0.717, 1.165) is 32.5 Å². The molecule has 0 aliphatic carbocycles. The number of rotatable bonds is 5. The molecule has 2 fully saturated rings. The topological polar surface area (TPSA) is 44.4 Å². The average Bonchev–Trinajstić information content (AvgIpc) is 2.88. The Balaban J connectivity index is 1.53. The van der Waals surface area contributed by atoms with Gasteiger partial charge >= 0.3 is 0 Å². The molecule has 4 nitrogen and oxygen atoms in total. The fraction of sp³-hybridized carbons (Fsp3) is 0.923. The van der Waals surface area contributed by atoms with Crippen molar-refractivity contribution < 1.29 is 4.79 Å². The smallest absolute Gasteiger partial charge is 0.237 e. The largest absolute Gasteiger partial charge is 0.355 e. The van der Waals surface area contributed by atoms with E-state index < -0.39 is 0 Å². The Bertz CT molecular complexity index is 233. The van der Waals surface area contributed by atoms with Crippen molar-refractivity contribution >= 4 is 5.91 Å². The minimum atomic E-state index is 0.0653. The first-order valence-corrected chi connectivity index (χ1v) is 7.10. The van der Waals surface area contributed by atoms with Crippen LogP contribution in [0.1, 0.15) is 38.5 Å². The molecule has 0 unspecified atom stereocenters. The molecule has 1 atom stereocenters. The van der Waals surface area contributed by atoms with E-state index >= 15 is 0 Å². The third kappa shape index (κ3) is 4.28. The van der Waals surface area contributed by atoms with Crippen LogP contribution in [0, 0.1) is 0 Å². The Morgan fingerprint density at radius 3 is 2.76 bits per heavy atom. The van der Waals surface area contributed by atoms with E-state index in [4.69, 9.17) is 0 Å². The molecular weight excluding hydrogens is 214 g/mol. The van der Waals surface area contributed by atoms with Gasteiger partial charge in [-0.3, -0.25) is 4.79 Å². The first-order chi connectivity index (χ1) is 8.36. The zero-order chi connectivity index (χ0) is 11.9. The summed E-state index contributed by atoms with van der Waals surface area (Å²) in [5.74, 6) is 0.200. The molecule has 2 N–H and O–H groups in total. The number of piperidine rings is 1. The van der Waals surface area contributed by atoms with Crippen LogP contribution in [-0.4, -0.2) is 49.6 Å².